The van der Waals surface area contributed by atoms with Gasteiger partial charge in [0.25, 0.3) is 0 Å². The van der Waals surface area contributed by atoms with Gasteiger partial charge in [-0.05, 0) is 51.0 Å². The lowest BCUT2D eigenvalue weighted by atomic mass is 10.1. The highest BCUT2D eigenvalue weighted by atomic mass is 127. The van der Waals surface area contributed by atoms with Crippen molar-refractivity contribution in [2.75, 3.05) is 39.8 Å². The zero-order valence-corrected chi connectivity index (χ0v) is 20.1. The quantitative estimate of drug-likeness (QED) is 0.194. The molecular weight excluding hydrogens is 496 g/mol. The van der Waals surface area contributed by atoms with E-state index < -0.39 is 12.8 Å². The van der Waals surface area contributed by atoms with E-state index in [0.717, 1.165) is 44.6 Å². The van der Waals surface area contributed by atoms with E-state index in [1.807, 2.05) is 13.0 Å². The van der Waals surface area contributed by atoms with E-state index in [0.29, 0.717) is 18.1 Å². The second-order valence-corrected chi connectivity index (χ2v) is 6.60. The molecule has 0 radical (unpaired) electrons. The Morgan fingerprint density at radius 2 is 1.83 bits per heavy atom. The van der Waals surface area contributed by atoms with E-state index in [4.69, 9.17) is 4.74 Å². The maximum atomic E-state index is 12.5. The highest BCUT2D eigenvalue weighted by Gasteiger charge is 2.28. The van der Waals surface area contributed by atoms with Crippen molar-refractivity contribution in [2.24, 2.45) is 4.99 Å². The van der Waals surface area contributed by atoms with E-state index in [9.17, 15) is 13.2 Å². The van der Waals surface area contributed by atoms with Crippen molar-refractivity contribution < 1.29 is 17.9 Å². The minimum atomic E-state index is -4.36. The molecule has 0 amide bonds. The van der Waals surface area contributed by atoms with Crippen LogP contribution in [-0.4, -0.2) is 56.9 Å². The van der Waals surface area contributed by atoms with Crippen molar-refractivity contribution in [3.8, 4) is 5.75 Å². The topological polar surface area (TPSA) is 48.9 Å². The minimum Gasteiger partial charge on any atom is -0.484 e. The largest absolute Gasteiger partial charge is 0.484 e. The van der Waals surface area contributed by atoms with E-state index in [-0.39, 0.29) is 29.7 Å². The van der Waals surface area contributed by atoms with Gasteiger partial charge in [-0.1, -0.05) is 26.0 Å². The van der Waals surface area contributed by atoms with Crippen LogP contribution in [0, 0.1) is 6.92 Å². The molecule has 0 saturated heterocycles. The smallest absolute Gasteiger partial charge is 0.422 e. The minimum absolute atomic E-state index is 0. The van der Waals surface area contributed by atoms with Crippen LogP contribution in [0.2, 0.25) is 0 Å². The van der Waals surface area contributed by atoms with E-state index in [1.54, 1.807) is 19.2 Å². The molecule has 0 aliphatic heterocycles. The van der Waals surface area contributed by atoms with Crippen molar-refractivity contribution >= 4 is 29.9 Å². The summed E-state index contributed by atoms with van der Waals surface area (Å²) < 4.78 is 42.4. The standard InChI is InChI=1S/C20H33F3N4O.HI/c1-5-27(6-2)12-8-7-11-25-19(24-4)26-14-17-10-9-16(3)13-18(17)28-15-20(21,22)23;/h9-10,13H,5-8,11-12,14-15H2,1-4H3,(H2,24,25,26);1H. The number of halogens is 4. The van der Waals surface area contributed by atoms with Gasteiger partial charge in [0, 0.05) is 25.7 Å². The SMILES string of the molecule is CCN(CC)CCCCNC(=NC)NCc1ccc(C)cc1OCC(F)(F)F.I. The fourth-order valence-corrected chi connectivity index (χ4v) is 2.71. The summed E-state index contributed by atoms with van der Waals surface area (Å²) in [5.41, 5.74) is 1.50. The molecule has 0 aliphatic carbocycles. The number of benzene rings is 1. The Morgan fingerprint density at radius 1 is 1.14 bits per heavy atom. The third-order valence-electron chi connectivity index (χ3n) is 4.37. The molecule has 0 heterocycles. The van der Waals surface area contributed by atoms with Crippen LogP contribution >= 0.6 is 24.0 Å². The summed E-state index contributed by atoms with van der Waals surface area (Å²) in [6, 6.07) is 5.23. The zero-order valence-electron chi connectivity index (χ0n) is 17.7. The van der Waals surface area contributed by atoms with Gasteiger partial charge in [0.2, 0.25) is 0 Å². The molecule has 5 nitrogen and oxygen atoms in total. The summed E-state index contributed by atoms with van der Waals surface area (Å²) in [6.07, 6.45) is -2.25. The van der Waals surface area contributed by atoms with Gasteiger partial charge in [0.05, 0.1) is 0 Å². The third-order valence-corrected chi connectivity index (χ3v) is 4.37. The number of ether oxygens (including phenoxy) is 1. The van der Waals surface area contributed by atoms with Gasteiger partial charge >= 0.3 is 6.18 Å². The number of alkyl halides is 3. The third kappa shape index (κ3) is 12.1. The molecular formula is C20H34F3IN4O. The molecule has 0 saturated carbocycles. The molecule has 0 fully saturated rings. The molecule has 0 aliphatic rings. The van der Waals surface area contributed by atoms with E-state index >= 15 is 0 Å². The van der Waals surface area contributed by atoms with Crippen molar-refractivity contribution in [3.63, 3.8) is 0 Å². The van der Waals surface area contributed by atoms with Gasteiger partial charge in [0.15, 0.2) is 12.6 Å². The first-order chi connectivity index (χ1) is 13.3. The van der Waals surface area contributed by atoms with Gasteiger partial charge in [-0.25, -0.2) is 0 Å². The predicted molar refractivity (Wildman–Crippen MR) is 123 cm³/mol. The Kier molecular flexibility index (Phi) is 14.1. The Balaban J connectivity index is 0.00000784. The summed E-state index contributed by atoms with van der Waals surface area (Å²) in [5, 5.41) is 6.37. The Morgan fingerprint density at radius 3 is 2.41 bits per heavy atom. The molecule has 0 bridgehead atoms. The van der Waals surface area contributed by atoms with Crippen LogP contribution in [0.5, 0.6) is 5.75 Å². The Bertz CT molecular complexity index is 608. The lowest BCUT2D eigenvalue weighted by Crippen LogP contribution is -2.37. The fraction of sp³-hybridized carbons (Fsp3) is 0.650. The molecule has 0 spiro atoms. The molecule has 9 heteroatoms. The summed E-state index contributed by atoms with van der Waals surface area (Å²) in [5.74, 6) is 0.852. The van der Waals surface area contributed by atoms with Crippen LogP contribution in [0.25, 0.3) is 0 Å². The average molecular weight is 530 g/mol. The van der Waals surface area contributed by atoms with Gasteiger partial charge in [-0.15, -0.1) is 24.0 Å². The van der Waals surface area contributed by atoms with Crippen molar-refractivity contribution in [1.29, 1.82) is 0 Å². The van der Waals surface area contributed by atoms with Gasteiger partial charge in [-0.2, -0.15) is 13.2 Å². The zero-order chi connectivity index (χ0) is 21.0. The lowest BCUT2D eigenvalue weighted by Gasteiger charge is -2.18. The lowest BCUT2D eigenvalue weighted by molar-refractivity contribution is -0.153. The average Bonchev–Trinajstić information content (AvgIpc) is 2.65. The number of hydrogen-bond donors (Lipinski definition) is 2. The molecule has 1 aromatic rings. The first-order valence-corrected chi connectivity index (χ1v) is 9.75. The number of hydrogen-bond acceptors (Lipinski definition) is 3. The van der Waals surface area contributed by atoms with E-state index in [2.05, 4.69) is 34.4 Å². The molecule has 0 aromatic heterocycles. The monoisotopic (exact) mass is 530 g/mol. The summed E-state index contributed by atoms with van der Waals surface area (Å²) in [6.45, 7) is 9.13. The number of nitrogens with zero attached hydrogens (tertiary/aromatic N) is 2. The number of unbranched alkanes of at least 4 members (excludes halogenated alkanes) is 1. The van der Waals surface area contributed by atoms with Gasteiger partial charge in [0.1, 0.15) is 5.75 Å². The Labute approximate surface area is 189 Å². The second kappa shape index (κ2) is 14.7. The highest BCUT2D eigenvalue weighted by molar-refractivity contribution is 14.0. The van der Waals surface area contributed by atoms with Crippen LogP contribution in [0.3, 0.4) is 0 Å². The normalized spacial score (nSPS) is 11.9. The van der Waals surface area contributed by atoms with E-state index in [1.165, 1.54) is 0 Å². The molecule has 2 N–H and O–H groups in total. The molecule has 0 unspecified atom stereocenters. The molecule has 1 rings (SSSR count). The first-order valence-electron chi connectivity index (χ1n) is 9.75. The second-order valence-electron chi connectivity index (χ2n) is 6.60. The predicted octanol–water partition coefficient (Wildman–Crippen LogP) is 4.34. The van der Waals surface area contributed by atoms with Crippen molar-refractivity contribution in [3.05, 3.63) is 29.3 Å². The van der Waals surface area contributed by atoms with Crippen LogP contribution in [0.15, 0.2) is 23.2 Å². The molecule has 1 aromatic carbocycles. The number of nitrogens with one attached hydrogen (secondary N) is 2. The van der Waals surface area contributed by atoms with Crippen LogP contribution in [0.1, 0.15) is 37.8 Å². The molecule has 29 heavy (non-hydrogen) atoms. The van der Waals surface area contributed by atoms with Crippen LogP contribution in [-0.2, 0) is 6.54 Å². The maximum Gasteiger partial charge on any atom is 0.422 e. The van der Waals surface area contributed by atoms with Crippen molar-refractivity contribution in [2.45, 2.75) is 46.3 Å². The fourth-order valence-electron chi connectivity index (χ4n) is 2.71. The van der Waals surface area contributed by atoms with Gasteiger partial charge < -0.3 is 20.3 Å². The summed E-state index contributed by atoms with van der Waals surface area (Å²) in [7, 11) is 1.67. The van der Waals surface area contributed by atoms with Gasteiger partial charge in [-0.3, -0.25) is 4.99 Å². The highest BCUT2D eigenvalue weighted by Crippen LogP contribution is 2.23. The van der Waals surface area contributed by atoms with Crippen LogP contribution < -0.4 is 15.4 Å². The number of aryl methyl sites for hydroxylation is 1. The maximum absolute atomic E-state index is 12.5. The molecule has 168 valence electrons. The van der Waals surface area contributed by atoms with Crippen LogP contribution in [0.4, 0.5) is 13.2 Å². The first kappa shape index (κ1) is 27.8. The van der Waals surface area contributed by atoms with Crippen molar-refractivity contribution in [1.82, 2.24) is 15.5 Å². The Hall–Kier alpha value is -1.23. The summed E-state index contributed by atoms with van der Waals surface area (Å²) in [4.78, 5) is 6.55. The number of rotatable bonds is 11. The molecule has 0 atom stereocenters. The number of guanidine groups is 1. The summed E-state index contributed by atoms with van der Waals surface area (Å²) >= 11 is 0. The number of aliphatic imine (C=N–C) groups is 1.